The van der Waals surface area contributed by atoms with Gasteiger partial charge in [-0.15, -0.1) is 0 Å². The van der Waals surface area contributed by atoms with E-state index in [1.54, 1.807) is 12.1 Å². The Kier molecular flexibility index (Phi) is 2.92. The molecule has 0 aliphatic carbocycles. The van der Waals surface area contributed by atoms with Crippen LogP contribution in [0.1, 0.15) is 25.5 Å². The molecule has 2 heteroatoms. The number of fused-ring (bicyclic) bond motifs is 1. The molecule has 0 saturated carbocycles. The Labute approximate surface area is 95.1 Å². The number of halogens is 1. The lowest BCUT2D eigenvalue weighted by Gasteiger charge is -2.18. The van der Waals surface area contributed by atoms with Gasteiger partial charge >= 0.3 is 0 Å². The number of rotatable bonds is 2. The van der Waals surface area contributed by atoms with Gasteiger partial charge in [-0.25, -0.2) is 4.39 Å². The third kappa shape index (κ3) is 1.81. The van der Waals surface area contributed by atoms with Crippen LogP contribution >= 0.6 is 0 Å². The van der Waals surface area contributed by atoms with E-state index < -0.39 is 0 Å². The lowest BCUT2D eigenvalue weighted by molar-refractivity contribution is 0.516. The first kappa shape index (κ1) is 11.1. The van der Waals surface area contributed by atoms with Crippen molar-refractivity contribution < 1.29 is 4.39 Å². The maximum Gasteiger partial charge on any atom is 0.131 e. The van der Waals surface area contributed by atoms with Crippen molar-refractivity contribution in [3.05, 3.63) is 47.8 Å². The van der Waals surface area contributed by atoms with E-state index in [9.17, 15) is 4.39 Å². The van der Waals surface area contributed by atoms with Gasteiger partial charge in [0.2, 0.25) is 0 Å². The Morgan fingerprint density at radius 3 is 2.25 bits per heavy atom. The van der Waals surface area contributed by atoms with Crippen molar-refractivity contribution in [2.75, 3.05) is 0 Å². The Hall–Kier alpha value is -1.41. The largest absolute Gasteiger partial charge is 0.324 e. The number of hydrogen-bond donors (Lipinski definition) is 1. The zero-order chi connectivity index (χ0) is 11.7. The van der Waals surface area contributed by atoms with Gasteiger partial charge < -0.3 is 5.73 Å². The van der Waals surface area contributed by atoms with Crippen LogP contribution in [0, 0.1) is 11.7 Å². The predicted octanol–water partition coefficient (Wildman–Crippen LogP) is 3.63. The van der Waals surface area contributed by atoms with Crippen LogP contribution < -0.4 is 5.73 Å². The van der Waals surface area contributed by atoms with Gasteiger partial charge in [0.05, 0.1) is 0 Å². The highest BCUT2D eigenvalue weighted by Crippen LogP contribution is 2.28. The normalized spacial score (nSPS) is 13.3. The molecule has 0 amide bonds. The summed E-state index contributed by atoms with van der Waals surface area (Å²) in [5.41, 5.74) is 7.15. The van der Waals surface area contributed by atoms with Crippen LogP contribution in [-0.4, -0.2) is 0 Å². The maximum atomic E-state index is 13.6. The van der Waals surface area contributed by atoms with Gasteiger partial charge in [-0.1, -0.05) is 44.2 Å². The molecule has 1 unspecified atom stereocenters. The molecule has 0 aliphatic rings. The molecular weight excluding hydrogens is 201 g/mol. The van der Waals surface area contributed by atoms with Crippen LogP contribution in [0.15, 0.2) is 36.4 Å². The summed E-state index contributed by atoms with van der Waals surface area (Å²) < 4.78 is 13.6. The minimum absolute atomic E-state index is 0.0505. The molecule has 16 heavy (non-hydrogen) atoms. The van der Waals surface area contributed by atoms with Gasteiger partial charge in [-0.2, -0.15) is 0 Å². The lowest BCUT2D eigenvalue weighted by atomic mass is 9.92. The van der Waals surface area contributed by atoms with Crippen LogP contribution in [-0.2, 0) is 0 Å². The first-order chi connectivity index (χ1) is 7.61. The molecule has 84 valence electrons. The quantitative estimate of drug-likeness (QED) is 0.816. The van der Waals surface area contributed by atoms with Crippen molar-refractivity contribution in [2.24, 2.45) is 11.7 Å². The van der Waals surface area contributed by atoms with Gasteiger partial charge in [0.25, 0.3) is 0 Å². The van der Waals surface area contributed by atoms with Crippen LogP contribution in [0.5, 0.6) is 0 Å². The monoisotopic (exact) mass is 217 g/mol. The average Bonchev–Trinajstić information content (AvgIpc) is 2.29. The fraction of sp³-hybridized carbons (Fsp3) is 0.286. The van der Waals surface area contributed by atoms with E-state index in [0.717, 1.165) is 10.9 Å². The summed E-state index contributed by atoms with van der Waals surface area (Å²) in [6.07, 6.45) is 0. The fourth-order valence-corrected chi connectivity index (χ4v) is 1.94. The molecule has 0 saturated heterocycles. The molecule has 0 spiro atoms. The molecule has 0 fully saturated rings. The molecule has 2 aromatic carbocycles. The molecule has 0 heterocycles. The van der Waals surface area contributed by atoms with Crippen molar-refractivity contribution in [1.82, 2.24) is 0 Å². The number of benzene rings is 2. The van der Waals surface area contributed by atoms with E-state index in [4.69, 9.17) is 5.73 Å². The van der Waals surface area contributed by atoms with E-state index in [1.807, 2.05) is 18.2 Å². The van der Waals surface area contributed by atoms with E-state index in [-0.39, 0.29) is 11.9 Å². The first-order valence-corrected chi connectivity index (χ1v) is 5.54. The predicted molar refractivity (Wildman–Crippen MR) is 65.7 cm³/mol. The Bertz CT molecular complexity index is 505. The maximum absolute atomic E-state index is 13.6. The highest BCUT2D eigenvalue weighted by Gasteiger charge is 2.14. The Morgan fingerprint density at radius 2 is 1.62 bits per heavy atom. The molecule has 0 aliphatic heterocycles. The van der Waals surface area contributed by atoms with Crippen LogP contribution in [0.2, 0.25) is 0 Å². The second kappa shape index (κ2) is 4.22. The van der Waals surface area contributed by atoms with Gasteiger partial charge in [0, 0.05) is 11.4 Å². The Morgan fingerprint density at radius 1 is 1.00 bits per heavy atom. The molecule has 0 bridgehead atoms. The summed E-state index contributed by atoms with van der Waals surface area (Å²) in [6, 6.07) is 10.7. The zero-order valence-corrected chi connectivity index (χ0v) is 9.57. The summed E-state index contributed by atoms with van der Waals surface area (Å²) in [6.45, 7) is 4.14. The average molecular weight is 217 g/mol. The van der Waals surface area contributed by atoms with Crippen molar-refractivity contribution >= 4 is 10.8 Å². The lowest BCUT2D eigenvalue weighted by Crippen LogP contribution is -2.17. The van der Waals surface area contributed by atoms with Crippen molar-refractivity contribution in [3.63, 3.8) is 0 Å². The topological polar surface area (TPSA) is 26.0 Å². The highest BCUT2D eigenvalue weighted by atomic mass is 19.1. The molecule has 0 aromatic heterocycles. The van der Waals surface area contributed by atoms with E-state index in [0.29, 0.717) is 11.3 Å². The van der Waals surface area contributed by atoms with E-state index in [2.05, 4.69) is 13.8 Å². The fourth-order valence-electron chi connectivity index (χ4n) is 1.94. The first-order valence-electron chi connectivity index (χ1n) is 5.54. The third-order valence-corrected chi connectivity index (χ3v) is 2.98. The van der Waals surface area contributed by atoms with Crippen LogP contribution in [0.25, 0.3) is 10.8 Å². The summed E-state index contributed by atoms with van der Waals surface area (Å²) >= 11 is 0. The SMILES string of the molecule is CC(C)C(N)c1ccc(F)c2ccccc12. The smallest absolute Gasteiger partial charge is 0.131 e. The van der Waals surface area contributed by atoms with E-state index in [1.165, 1.54) is 6.07 Å². The van der Waals surface area contributed by atoms with Crippen LogP contribution in [0.3, 0.4) is 0 Å². The van der Waals surface area contributed by atoms with Gasteiger partial charge in [-0.3, -0.25) is 0 Å². The highest BCUT2D eigenvalue weighted by molar-refractivity contribution is 5.86. The standard InChI is InChI=1S/C14H16FN/c1-9(2)14(16)12-7-8-13(15)11-6-4-3-5-10(11)12/h3-9,14H,16H2,1-2H3. The second-order valence-electron chi connectivity index (χ2n) is 4.45. The van der Waals surface area contributed by atoms with Crippen molar-refractivity contribution in [2.45, 2.75) is 19.9 Å². The minimum Gasteiger partial charge on any atom is -0.324 e. The summed E-state index contributed by atoms with van der Waals surface area (Å²) in [5.74, 6) is 0.157. The molecular formula is C14H16FN. The number of nitrogens with two attached hydrogens (primary N) is 1. The van der Waals surface area contributed by atoms with E-state index >= 15 is 0 Å². The number of hydrogen-bond acceptors (Lipinski definition) is 1. The summed E-state index contributed by atoms with van der Waals surface area (Å²) in [5, 5.41) is 1.57. The molecule has 2 rings (SSSR count). The van der Waals surface area contributed by atoms with Gasteiger partial charge in [0.1, 0.15) is 5.82 Å². The molecule has 1 nitrogen and oxygen atoms in total. The van der Waals surface area contributed by atoms with Crippen LogP contribution in [0.4, 0.5) is 4.39 Å². The molecule has 2 aromatic rings. The molecule has 0 radical (unpaired) electrons. The minimum atomic E-state index is -0.185. The second-order valence-corrected chi connectivity index (χ2v) is 4.45. The summed E-state index contributed by atoms with van der Waals surface area (Å²) in [4.78, 5) is 0. The molecule has 1 atom stereocenters. The molecule has 2 N–H and O–H groups in total. The van der Waals surface area contributed by atoms with Gasteiger partial charge in [0.15, 0.2) is 0 Å². The zero-order valence-electron chi connectivity index (χ0n) is 9.57. The third-order valence-electron chi connectivity index (χ3n) is 2.98. The van der Waals surface area contributed by atoms with Crippen molar-refractivity contribution in [3.8, 4) is 0 Å². The summed E-state index contributed by atoms with van der Waals surface area (Å²) in [7, 11) is 0. The Balaban J connectivity index is 2.67. The van der Waals surface area contributed by atoms with Crippen molar-refractivity contribution in [1.29, 1.82) is 0 Å². The van der Waals surface area contributed by atoms with Gasteiger partial charge in [-0.05, 0) is 22.9 Å².